The van der Waals surface area contributed by atoms with Crippen LogP contribution in [0.4, 0.5) is 8.78 Å². The van der Waals surface area contributed by atoms with Crippen LogP contribution in [-0.4, -0.2) is 42.8 Å². The molecule has 0 amide bonds. The van der Waals surface area contributed by atoms with Gasteiger partial charge >= 0.3 is 0 Å². The van der Waals surface area contributed by atoms with Gasteiger partial charge in [0, 0.05) is 12.1 Å². The maximum Gasteiger partial charge on any atom is 0.203 e. The lowest BCUT2D eigenvalue weighted by Crippen LogP contribution is -2.29. The molecule has 0 unspecified atom stereocenters. The summed E-state index contributed by atoms with van der Waals surface area (Å²) in [6, 6.07) is 4.96. The van der Waals surface area contributed by atoms with Gasteiger partial charge in [0.05, 0.1) is 30.0 Å². The summed E-state index contributed by atoms with van der Waals surface area (Å²) in [5.41, 5.74) is 1.15. The highest BCUT2D eigenvalue weighted by Gasteiger charge is 2.56. The SMILES string of the molecule is CC1(C)O[C@@H]2[C@@H]([C@H](O)c3ccc(F)c(F)c3)C[C@@H](n3ccc4/c(=N/O)nc[nH]c43)[C@@H]2O1. The van der Waals surface area contributed by atoms with Crippen LogP contribution in [0, 0.1) is 17.6 Å². The summed E-state index contributed by atoms with van der Waals surface area (Å²) in [6.07, 6.45) is 1.83. The van der Waals surface area contributed by atoms with Gasteiger partial charge in [-0.2, -0.15) is 0 Å². The predicted octanol–water partition coefficient (Wildman–Crippen LogP) is 2.75. The van der Waals surface area contributed by atoms with Gasteiger partial charge in [-0.15, -0.1) is 0 Å². The maximum atomic E-state index is 13.8. The third-order valence-corrected chi connectivity index (χ3v) is 6.17. The Kier molecular flexibility index (Phi) is 4.61. The van der Waals surface area contributed by atoms with Crippen molar-refractivity contribution >= 4 is 11.0 Å². The van der Waals surface area contributed by atoms with Crippen molar-refractivity contribution in [1.29, 1.82) is 0 Å². The number of nitrogens with one attached hydrogen (secondary N) is 1. The van der Waals surface area contributed by atoms with Crippen LogP contribution in [0.1, 0.15) is 38.0 Å². The lowest BCUT2D eigenvalue weighted by atomic mass is 9.92. The van der Waals surface area contributed by atoms with E-state index in [4.69, 9.17) is 9.47 Å². The zero-order valence-electron chi connectivity index (χ0n) is 16.9. The Bertz CT molecular complexity index is 1210. The molecule has 1 saturated heterocycles. The summed E-state index contributed by atoms with van der Waals surface area (Å²) in [6.45, 7) is 3.60. The van der Waals surface area contributed by atoms with Gasteiger partial charge in [-0.1, -0.05) is 11.2 Å². The van der Waals surface area contributed by atoms with E-state index in [2.05, 4.69) is 15.1 Å². The molecule has 0 radical (unpaired) electrons. The molecule has 2 aliphatic rings. The number of aliphatic hydroxyl groups is 1. The van der Waals surface area contributed by atoms with E-state index in [0.29, 0.717) is 17.5 Å². The van der Waals surface area contributed by atoms with Crippen molar-refractivity contribution in [1.82, 2.24) is 14.5 Å². The van der Waals surface area contributed by atoms with Crippen molar-refractivity contribution in [2.45, 2.75) is 50.4 Å². The number of aromatic amines is 1. The van der Waals surface area contributed by atoms with Crippen molar-refractivity contribution in [2.75, 3.05) is 0 Å². The van der Waals surface area contributed by atoms with Crippen molar-refractivity contribution in [3.8, 4) is 0 Å². The fourth-order valence-corrected chi connectivity index (χ4v) is 4.88. The van der Waals surface area contributed by atoms with Crippen LogP contribution in [0.3, 0.4) is 0 Å². The molecule has 164 valence electrons. The molecular formula is C21H22F2N4O4. The molecule has 1 aliphatic carbocycles. The minimum atomic E-state index is -1.07. The molecule has 1 saturated carbocycles. The van der Waals surface area contributed by atoms with Gasteiger partial charge in [-0.05, 0) is 44.0 Å². The third kappa shape index (κ3) is 3.22. The molecule has 0 spiro atoms. The van der Waals surface area contributed by atoms with Gasteiger partial charge in [0.15, 0.2) is 17.4 Å². The van der Waals surface area contributed by atoms with Crippen molar-refractivity contribution in [2.24, 2.45) is 11.1 Å². The molecule has 1 aromatic carbocycles. The minimum absolute atomic E-state index is 0.185. The number of hydrogen-bond acceptors (Lipinski definition) is 6. The topological polar surface area (TPSA) is 105 Å². The van der Waals surface area contributed by atoms with E-state index >= 15 is 0 Å². The first kappa shape index (κ1) is 20.1. The van der Waals surface area contributed by atoms with Gasteiger partial charge in [-0.3, -0.25) is 0 Å². The standard InChI is InChI=1S/C21H22F2N4O4/c1-21(2)30-17-12(16(28)10-3-4-13(22)14(23)7-10)8-15(18(17)31-21)27-6-5-11-19(26-29)24-9-25-20(11)27/h3-7,9,12,15-18,28-29H,8H2,1-2H3,(H,24,25,26)/t12-,15-,16-,17-,18+/m1/s1. The average Bonchev–Trinajstić information content (AvgIpc) is 3.39. The number of benzene rings is 1. The Morgan fingerprint density at radius 2 is 2.00 bits per heavy atom. The Labute approximate surface area is 175 Å². The van der Waals surface area contributed by atoms with Gasteiger partial charge < -0.3 is 29.3 Å². The van der Waals surface area contributed by atoms with E-state index in [1.165, 1.54) is 12.4 Å². The van der Waals surface area contributed by atoms with Crippen LogP contribution in [0.25, 0.3) is 11.0 Å². The summed E-state index contributed by atoms with van der Waals surface area (Å²) >= 11 is 0. The lowest BCUT2D eigenvalue weighted by molar-refractivity contribution is -0.165. The Morgan fingerprint density at radius 3 is 2.74 bits per heavy atom. The van der Waals surface area contributed by atoms with Gasteiger partial charge in [0.1, 0.15) is 11.8 Å². The number of nitrogens with zero attached hydrogens (tertiary/aromatic N) is 3. The highest BCUT2D eigenvalue weighted by Crippen LogP contribution is 2.51. The number of aliphatic hydroxyl groups excluding tert-OH is 1. The van der Waals surface area contributed by atoms with Crippen LogP contribution < -0.4 is 5.49 Å². The highest BCUT2D eigenvalue weighted by atomic mass is 19.2. The molecule has 10 heteroatoms. The van der Waals surface area contributed by atoms with Gasteiger partial charge in [0.2, 0.25) is 5.49 Å². The number of halogens is 2. The molecule has 3 aromatic rings. The molecular weight excluding hydrogens is 410 g/mol. The Hall–Kier alpha value is -2.82. The molecule has 0 bridgehead atoms. The molecule has 5 atom stereocenters. The smallest absolute Gasteiger partial charge is 0.203 e. The van der Waals surface area contributed by atoms with E-state index in [9.17, 15) is 19.1 Å². The van der Waals surface area contributed by atoms with Crippen LogP contribution in [-0.2, 0) is 9.47 Å². The second-order valence-electron chi connectivity index (χ2n) is 8.46. The summed E-state index contributed by atoms with van der Waals surface area (Å²) in [4.78, 5) is 7.08. The predicted molar refractivity (Wildman–Crippen MR) is 104 cm³/mol. The van der Waals surface area contributed by atoms with Crippen LogP contribution in [0.5, 0.6) is 0 Å². The molecule has 2 fully saturated rings. The van der Waals surface area contributed by atoms with Crippen LogP contribution in [0.2, 0.25) is 0 Å². The quantitative estimate of drug-likeness (QED) is 0.436. The summed E-state index contributed by atoms with van der Waals surface area (Å²) < 4.78 is 41.4. The molecule has 3 heterocycles. The maximum absolute atomic E-state index is 13.8. The molecule has 8 nitrogen and oxygen atoms in total. The zero-order valence-corrected chi connectivity index (χ0v) is 16.9. The summed E-state index contributed by atoms with van der Waals surface area (Å²) in [5.74, 6) is -3.25. The zero-order chi connectivity index (χ0) is 21.9. The number of fused-ring (bicyclic) bond motifs is 2. The van der Waals surface area contributed by atoms with Crippen molar-refractivity contribution in [3.63, 3.8) is 0 Å². The minimum Gasteiger partial charge on any atom is -0.409 e. The monoisotopic (exact) mass is 432 g/mol. The van der Waals surface area contributed by atoms with E-state index in [-0.39, 0.29) is 23.2 Å². The third-order valence-electron chi connectivity index (χ3n) is 6.17. The number of ether oxygens (including phenoxy) is 2. The first-order valence-corrected chi connectivity index (χ1v) is 10.00. The normalized spacial score (nSPS) is 28.9. The van der Waals surface area contributed by atoms with E-state index in [0.717, 1.165) is 12.1 Å². The second kappa shape index (κ2) is 7.11. The first-order chi connectivity index (χ1) is 14.8. The molecule has 3 N–H and O–H groups in total. The number of H-pyrrole nitrogens is 1. The highest BCUT2D eigenvalue weighted by molar-refractivity contribution is 5.74. The number of rotatable bonds is 3. The molecule has 31 heavy (non-hydrogen) atoms. The van der Waals surface area contributed by atoms with E-state index in [1.807, 2.05) is 10.8 Å². The van der Waals surface area contributed by atoms with E-state index < -0.39 is 35.5 Å². The number of hydrogen-bond donors (Lipinski definition) is 3. The largest absolute Gasteiger partial charge is 0.409 e. The molecule has 5 rings (SSSR count). The molecule has 1 aliphatic heterocycles. The van der Waals surface area contributed by atoms with Crippen molar-refractivity contribution in [3.05, 3.63) is 59.5 Å². The van der Waals surface area contributed by atoms with Gasteiger partial charge in [-0.25, -0.2) is 13.8 Å². The van der Waals surface area contributed by atoms with Crippen molar-refractivity contribution < 1.29 is 28.6 Å². The van der Waals surface area contributed by atoms with E-state index in [1.54, 1.807) is 19.9 Å². The summed E-state index contributed by atoms with van der Waals surface area (Å²) in [5, 5.41) is 24.1. The first-order valence-electron chi connectivity index (χ1n) is 10.00. The Morgan fingerprint density at radius 1 is 1.23 bits per heavy atom. The van der Waals surface area contributed by atoms with Crippen LogP contribution in [0.15, 0.2) is 41.9 Å². The van der Waals surface area contributed by atoms with Crippen LogP contribution >= 0.6 is 0 Å². The Balaban J connectivity index is 1.55. The second-order valence-corrected chi connectivity index (χ2v) is 8.46. The fourth-order valence-electron chi connectivity index (χ4n) is 4.88. The lowest BCUT2D eigenvalue weighted by Gasteiger charge is -2.27. The average molecular weight is 432 g/mol. The number of aromatic nitrogens is 3. The fraction of sp³-hybridized carbons (Fsp3) is 0.429. The summed E-state index contributed by atoms with van der Waals surface area (Å²) in [7, 11) is 0. The van der Waals surface area contributed by atoms with Gasteiger partial charge in [0.25, 0.3) is 0 Å². The molecule has 2 aromatic heterocycles.